The normalized spacial score (nSPS) is 12.8. The Kier molecular flexibility index (Phi) is 6.02. The van der Waals surface area contributed by atoms with Crippen LogP contribution in [0.25, 0.3) is 0 Å². The summed E-state index contributed by atoms with van der Waals surface area (Å²) in [6, 6.07) is 13.4. The van der Waals surface area contributed by atoms with E-state index in [-0.39, 0.29) is 6.04 Å². The fraction of sp³-hybridized carbons (Fsp3) is 0.368. The Balaban J connectivity index is 1.95. The highest BCUT2D eigenvalue weighted by molar-refractivity contribution is 7.90. The van der Waals surface area contributed by atoms with Crippen LogP contribution in [0.3, 0.4) is 0 Å². The van der Waals surface area contributed by atoms with E-state index in [1.165, 1.54) is 11.8 Å². The Morgan fingerprint density at radius 3 is 2.38 bits per heavy atom. The molecule has 0 radical (unpaired) electrons. The zero-order valence-electron chi connectivity index (χ0n) is 14.7. The van der Waals surface area contributed by atoms with Crippen LogP contribution in [0, 0.1) is 6.92 Å². The highest BCUT2D eigenvalue weighted by Crippen LogP contribution is 2.26. The van der Waals surface area contributed by atoms with Crippen LogP contribution in [-0.4, -0.2) is 28.3 Å². The molecule has 0 spiro atoms. The molecule has 0 saturated heterocycles. The molecule has 1 atom stereocenters. The molecule has 0 bridgehead atoms. The first-order chi connectivity index (χ1) is 11.3. The summed E-state index contributed by atoms with van der Waals surface area (Å²) in [6.07, 6.45) is 2.06. The van der Waals surface area contributed by atoms with Crippen molar-refractivity contribution in [3.63, 3.8) is 0 Å². The fourth-order valence-electron chi connectivity index (χ4n) is 2.64. The molecule has 0 amide bonds. The molecule has 5 heteroatoms. The molecule has 2 aromatic carbocycles. The number of sulfone groups is 1. The fourth-order valence-corrected chi connectivity index (χ4v) is 3.27. The number of hydrogen-bond donors (Lipinski definition) is 1. The van der Waals surface area contributed by atoms with Crippen molar-refractivity contribution in [2.24, 2.45) is 0 Å². The maximum absolute atomic E-state index is 11.5. The van der Waals surface area contributed by atoms with Gasteiger partial charge in [0.15, 0.2) is 9.84 Å². The van der Waals surface area contributed by atoms with Gasteiger partial charge in [-0.2, -0.15) is 0 Å². The summed E-state index contributed by atoms with van der Waals surface area (Å²) in [5.74, 6) is 0.887. The van der Waals surface area contributed by atoms with Crippen molar-refractivity contribution in [1.29, 1.82) is 0 Å². The molecule has 0 aliphatic rings. The SMILES string of the molecule is COc1ccc(C)cc1[C@H](C)NCCc1ccc(S(C)(=O)=O)cc1. The average molecular weight is 347 g/mol. The van der Waals surface area contributed by atoms with Gasteiger partial charge in [-0.15, -0.1) is 0 Å². The Morgan fingerprint density at radius 2 is 1.79 bits per heavy atom. The third kappa shape index (κ3) is 4.82. The maximum atomic E-state index is 11.5. The van der Waals surface area contributed by atoms with Crippen molar-refractivity contribution < 1.29 is 13.2 Å². The predicted octanol–water partition coefficient (Wildman–Crippen LogP) is 3.30. The van der Waals surface area contributed by atoms with Crippen LogP contribution in [-0.2, 0) is 16.3 Å². The molecule has 4 nitrogen and oxygen atoms in total. The number of hydrogen-bond acceptors (Lipinski definition) is 4. The summed E-state index contributed by atoms with van der Waals surface area (Å²) >= 11 is 0. The Labute approximate surface area is 144 Å². The number of nitrogens with one attached hydrogen (secondary N) is 1. The highest BCUT2D eigenvalue weighted by atomic mass is 32.2. The van der Waals surface area contributed by atoms with E-state index < -0.39 is 9.84 Å². The molecule has 0 aromatic heterocycles. The van der Waals surface area contributed by atoms with Crippen molar-refractivity contribution in [2.75, 3.05) is 19.9 Å². The zero-order valence-corrected chi connectivity index (χ0v) is 15.5. The molecule has 0 heterocycles. The Morgan fingerprint density at radius 1 is 1.12 bits per heavy atom. The molecule has 0 aliphatic heterocycles. The van der Waals surface area contributed by atoms with E-state index in [9.17, 15) is 8.42 Å². The lowest BCUT2D eigenvalue weighted by Crippen LogP contribution is -2.22. The quantitative estimate of drug-likeness (QED) is 0.835. The number of ether oxygens (including phenoxy) is 1. The van der Waals surface area contributed by atoms with Crippen molar-refractivity contribution >= 4 is 9.84 Å². The van der Waals surface area contributed by atoms with Gasteiger partial charge in [0.1, 0.15) is 5.75 Å². The van der Waals surface area contributed by atoms with Crippen LogP contribution in [0.2, 0.25) is 0 Å². The molecule has 24 heavy (non-hydrogen) atoms. The highest BCUT2D eigenvalue weighted by Gasteiger charge is 2.11. The van der Waals surface area contributed by atoms with Gasteiger partial charge in [-0.1, -0.05) is 29.8 Å². The van der Waals surface area contributed by atoms with E-state index in [0.29, 0.717) is 4.90 Å². The zero-order chi connectivity index (χ0) is 17.7. The lowest BCUT2D eigenvalue weighted by Gasteiger charge is -2.18. The monoisotopic (exact) mass is 347 g/mol. The Bertz CT molecular complexity index is 783. The second-order valence-electron chi connectivity index (χ2n) is 6.09. The second-order valence-corrected chi connectivity index (χ2v) is 8.10. The summed E-state index contributed by atoms with van der Waals surface area (Å²) in [5.41, 5.74) is 3.46. The third-order valence-electron chi connectivity index (χ3n) is 4.07. The van der Waals surface area contributed by atoms with Crippen LogP contribution in [0.4, 0.5) is 0 Å². The standard InChI is InChI=1S/C19H25NO3S/c1-14-5-10-19(23-3)18(13-14)15(2)20-12-11-16-6-8-17(9-7-16)24(4,21)22/h5-10,13,15,20H,11-12H2,1-4H3/t15-/m0/s1. The maximum Gasteiger partial charge on any atom is 0.175 e. The van der Waals surface area contributed by atoms with Gasteiger partial charge in [0.2, 0.25) is 0 Å². The van der Waals surface area contributed by atoms with Crippen molar-refractivity contribution in [3.05, 3.63) is 59.2 Å². The molecule has 0 aliphatic carbocycles. The van der Waals surface area contributed by atoms with E-state index in [1.807, 2.05) is 24.3 Å². The molecule has 0 fully saturated rings. The minimum atomic E-state index is -3.13. The summed E-state index contributed by atoms with van der Waals surface area (Å²) in [6.45, 7) is 4.99. The van der Waals surface area contributed by atoms with Crippen molar-refractivity contribution in [2.45, 2.75) is 31.2 Å². The molecule has 0 saturated carbocycles. The van der Waals surface area contributed by atoms with Crippen LogP contribution >= 0.6 is 0 Å². The predicted molar refractivity (Wildman–Crippen MR) is 97.4 cm³/mol. The molecule has 130 valence electrons. The van der Waals surface area contributed by atoms with E-state index in [0.717, 1.165) is 29.8 Å². The minimum Gasteiger partial charge on any atom is -0.496 e. The van der Waals surface area contributed by atoms with Gasteiger partial charge in [-0.3, -0.25) is 0 Å². The summed E-state index contributed by atoms with van der Waals surface area (Å²) < 4.78 is 28.4. The van der Waals surface area contributed by atoms with Crippen LogP contribution in [0.5, 0.6) is 5.75 Å². The summed E-state index contributed by atoms with van der Waals surface area (Å²) in [5, 5.41) is 3.50. The summed E-state index contributed by atoms with van der Waals surface area (Å²) in [7, 11) is -1.45. The first-order valence-corrected chi connectivity index (χ1v) is 9.87. The topological polar surface area (TPSA) is 55.4 Å². The van der Waals surface area contributed by atoms with Gasteiger partial charge in [0, 0.05) is 17.9 Å². The van der Waals surface area contributed by atoms with Gasteiger partial charge < -0.3 is 10.1 Å². The van der Waals surface area contributed by atoms with Crippen LogP contribution < -0.4 is 10.1 Å². The number of benzene rings is 2. The van der Waals surface area contributed by atoms with Gasteiger partial charge in [-0.25, -0.2) is 8.42 Å². The average Bonchev–Trinajstić information content (AvgIpc) is 2.54. The smallest absolute Gasteiger partial charge is 0.175 e. The molecule has 1 N–H and O–H groups in total. The van der Waals surface area contributed by atoms with Crippen LogP contribution in [0.15, 0.2) is 47.4 Å². The molecule has 2 rings (SSSR count). The van der Waals surface area contributed by atoms with Gasteiger partial charge in [-0.05, 0) is 50.6 Å². The molecular formula is C19H25NO3S. The van der Waals surface area contributed by atoms with E-state index in [4.69, 9.17) is 4.74 Å². The van der Waals surface area contributed by atoms with Gasteiger partial charge in [0.05, 0.1) is 12.0 Å². The number of aryl methyl sites for hydroxylation is 1. The van der Waals surface area contributed by atoms with Gasteiger partial charge >= 0.3 is 0 Å². The Hall–Kier alpha value is -1.85. The van der Waals surface area contributed by atoms with Gasteiger partial charge in [0.25, 0.3) is 0 Å². The van der Waals surface area contributed by atoms with E-state index in [2.05, 4.69) is 25.2 Å². The third-order valence-corrected chi connectivity index (χ3v) is 5.20. The van der Waals surface area contributed by atoms with Crippen LogP contribution in [0.1, 0.15) is 29.7 Å². The molecule has 0 unspecified atom stereocenters. The largest absolute Gasteiger partial charge is 0.496 e. The van der Waals surface area contributed by atoms with Crippen molar-refractivity contribution in [1.82, 2.24) is 5.32 Å². The number of methoxy groups -OCH3 is 1. The lowest BCUT2D eigenvalue weighted by atomic mass is 10.0. The summed E-state index contributed by atoms with van der Waals surface area (Å²) in [4.78, 5) is 0.358. The molecular weight excluding hydrogens is 322 g/mol. The second kappa shape index (κ2) is 7.81. The minimum absolute atomic E-state index is 0.176. The first kappa shape index (κ1) is 18.5. The molecule has 2 aromatic rings. The van der Waals surface area contributed by atoms with Crippen molar-refractivity contribution in [3.8, 4) is 5.75 Å². The first-order valence-electron chi connectivity index (χ1n) is 7.98. The number of rotatable bonds is 7. The van der Waals surface area contributed by atoms with E-state index >= 15 is 0 Å². The lowest BCUT2D eigenvalue weighted by molar-refractivity contribution is 0.401. The van der Waals surface area contributed by atoms with E-state index in [1.54, 1.807) is 19.2 Å².